The van der Waals surface area contributed by atoms with Crippen LogP contribution >= 0.6 is 0 Å². The zero-order valence-corrected chi connectivity index (χ0v) is 11.4. The van der Waals surface area contributed by atoms with Crippen LogP contribution < -0.4 is 15.0 Å². The number of nitrogens with zero attached hydrogens (tertiary/aromatic N) is 2. The highest BCUT2D eigenvalue weighted by Gasteiger charge is 2.22. The minimum atomic E-state index is -0.233. The van der Waals surface area contributed by atoms with Gasteiger partial charge in [0.25, 0.3) is 11.8 Å². The highest BCUT2D eigenvalue weighted by atomic mass is 16.5. The van der Waals surface area contributed by atoms with E-state index in [1.165, 1.54) is 4.90 Å². The first-order chi connectivity index (χ1) is 10.1. The average molecular weight is 283 g/mol. The molecular weight excluding hydrogens is 270 g/mol. The van der Waals surface area contributed by atoms with Crippen molar-refractivity contribution < 1.29 is 14.3 Å². The van der Waals surface area contributed by atoms with E-state index in [9.17, 15) is 9.59 Å². The summed E-state index contributed by atoms with van der Waals surface area (Å²) in [4.78, 5) is 29.1. The van der Waals surface area contributed by atoms with Gasteiger partial charge >= 0.3 is 0 Å². The number of likely N-dealkylation sites (N-methyl/N-ethyl adjacent to an activating group) is 1. The van der Waals surface area contributed by atoms with E-state index in [0.29, 0.717) is 22.7 Å². The summed E-state index contributed by atoms with van der Waals surface area (Å²) in [5, 5.41) is 2.78. The molecule has 0 bridgehead atoms. The van der Waals surface area contributed by atoms with Crippen LogP contribution in [-0.2, 0) is 4.79 Å². The number of carbonyl (C=O) groups is 2. The Morgan fingerprint density at radius 3 is 2.81 bits per heavy atom. The quantitative estimate of drug-likeness (QED) is 0.910. The SMILES string of the molecule is CN1C(=O)COc2ccc(NC(=O)c3ccncc3)cc21. The number of fused-ring (bicyclic) bond motifs is 1. The number of aromatic nitrogens is 1. The monoisotopic (exact) mass is 283 g/mol. The lowest BCUT2D eigenvalue weighted by Crippen LogP contribution is -2.35. The highest BCUT2D eigenvalue weighted by Crippen LogP contribution is 2.33. The molecule has 1 aromatic carbocycles. The lowest BCUT2D eigenvalue weighted by atomic mass is 10.2. The van der Waals surface area contributed by atoms with Gasteiger partial charge in [0.05, 0.1) is 5.69 Å². The number of benzene rings is 1. The number of hydrogen-bond acceptors (Lipinski definition) is 4. The number of carbonyl (C=O) groups excluding carboxylic acids is 2. The second-order valence-electron chi connectivity index (χ2n) is 4.61. The Morgan fingerprint density at radius 1 is 1.29 bits per heavy atom. The third-order valence-corrected chi connectivity index (χ3v) is 3.25. The van der Waals surface area contributed by atoms with Crippen LogP contribution in [0.4, 0.5) is 11.4 Å². The molecule has 3 rings (SSSR count). The van der Waals surface area contributed by atoms with Gasteiger partial charge in [-0.3, -0.25) is 14.6 Å². The Morgan fingerprint density at radius 2 is 2.05 bits per heavy atom. The van der Waals surface area contributed by atoms with Gasteiger partial charge in [-0.2, -0.15) is 0 Å². The molecule has 1 aliphatic rings. The van der Waals surface area contributed by atoms with Crippen LogP contribution in [0.3, 0.4) is 0 Å². The number of pyridine rings is 1. The van der Waals surface area contributed by atoms with Crippen molar-refractivity contribution in [3.8, 4) is 5.75 Å². The summed E-state index contributed by atoms with van der Waals surface area (Å²) < 4.78 is 5.34. The predicted octanol–water partition coefficient (Wildman–Crippen LogP) is 1.69. The molecule has 106 valence electrons. The van der Waals surface area contributed by atoms with Crippen LogP contribution in [0, 0.1) is 0 Å². The Labute approximate surface area is 121 Å². The maximum Gasteiger partial charge on any atom is 0.264 e. The van der Waals surface area contributed by atoms with Crippen molar-refractivity contribution in [2.75, 3.05) is 23.9 Å². The summed E-state index contributed by atoms with van der Waals surface area (Å²) in [6, 6.07) is 8.45. The first kappa shape index (κ1) is 13.1. The van der Waals surface area contributed by atoms with Gasteiger partial charge in [-0.1, -0.05) is 0 Å². The molecule has 1 N–H and O–H groups in total. The first-order valence-electron chi connectivity index (χ1n) is 6.40. The summed E-state index contributed by atoms with van der Waals surface area (Å²) in [6.45, 7) is 0.0339. The molecule has 2 amide bonds. The van der Waals surface area contributed by atoms with E-state index < -0.39 is 0 Å². The van der Waals surface area contributed by atoms with E-state index in [-0.39, 0.29) is 18.4 Å². The van der Waals surface area contributed by atoms with Gasteiger partial charge in [0, 0.05) is 30.7 Å². The molecule has 0 aliphatic carbocycles. The van der Waals surface area contributed by atoms with Gasteiger partial charge in [-0.25, -0.2) is 0 Å². The third kappa shape index (κ3) is 2.55. The first-order valence-corrected chi connectivity index (χ1v) is 6.40. The Balaban J connectivity index is 1.84. The van der Waals surface area contributed by atoms with Crippen LogP contribution in [0.1, 0.15) is 10.4 Å². The maximum atomic E-state index is 12.1. The van der Waals surface area contributed by atoms with Crippen molar-refractivity contribution in [3.63, 3.8) is 0 Å². The predicted molar refractivity (Wildman–Crippen MR) is 77.5 cm³/mol. The number of anilines is 2. The van der Waals surface area contributed by atoms with Gasteiger partial charge in [0.2, 0.25) is 0 Å². The van der Waals surface area contributed by atoms with Crippen molar-refractivity contribution in [3.05, 3.63) is 48.3 Å². The smallest absolute Gasteiger partial charge is 0.264 e. The summed E-state index contributed by atoms with van der Waals surface area (Å²) in [5.41, 5.74) is 1.75. The van der Waals surface area contributed by atoms with Gasteiger partial charge < -0.3 is 15.0 Å². The summed E-state index contributed by atoms with van der Waals surface area (Å²) >= 11 is 0. The Bertz CT molecular complexity index is 701. The lowest BCUT2D eigenvalue weighted by Gasteiger charge is -2.26. The van der Waals surface area contributed by atoms with Crippen molar-refractivity contribution in [2.45, 2.75) is 0 Å². The van der Waals surface area contributed by atoms with Gasteiger partial charge in [0.1, 0.15) is 5.75 Å². The van der Waals surface area contributed by atoms with E-state index in [0.717, 1.165) is 0 Å². The molecule has 0 unspecified atom stereocenters. The van der Waals surface area contributed by atoms with Crippen LogP contribution in [-0.4, -0.2) is 30.5 Å². The largest absolute Gasteiger partial charge is 0.482 e. The Kier molecular flexibility index (Phi) is 3.27. The van der Waals surface area contributed by atoms with Gasteiger partial charge in [0.15, 0.2) is 6.61 Å². The maximum absolute atomic E-state index is 12.1. The van der Waals surface area contributed by atoms with Gasteiger partial charge in [-0.15, -0.1) is 0 Å². The minimum Gasteiger partial charge on any atom is -0.482 e. The molecule has 0 fully saturated rings. The summed E-state index contributed by atoms with van der Waals surface area (Å²) in [7, 11) is 1.68. The van der Waals surface area contributed by atoms with E-state index in [2.05, 4.69) is 10.3 Å². The van der Waals surface area contributed by atoms with Crippen LogP contribution in [0.25, 0.3) is 0 Å². The fourth-order valence-corrected chi connectivity index (χ4v) is 2.06. The number of ether oxygens (including phenoxy) is 1. The molecule has 0 spiro atoms. The summed E-state index contributed by atoms with van der Waals surface area (Å²) in [5.74, 6) is 0.266. The second-order valence-corrected chi connectivity index (χ2v) is 4.61. The molecule has 2 heterocycles. The second kappa shape index (κ2) is 5.24. The topological polar surface area (TPSA) is 71.5 Å². The molecule has 1 aromatic heterocycles. The van der Waals surface area contributed by atoms with Crippen molar-refractivity contribution in [1.29, 1.82) is 0 Å². The molecule has 0 radical (unpaired) electrons. The molecule has 0 atom stereocenters. The molecular formula is C15H13N3O3. The average Bonchev–Trinajstić information content (AvgIpc) is 2.52. The van der Waals surface area contributed by atoms with E-state index in [4.69, 9.17) is 4.74 Å². The van der Waals surface area contributed by atoms with Crippen LogP contribution in [0.15, 0.2) is 42.7 Å². The lowest BCUT2D eigenvalue weighted by molar-refractivity contribution is -0.120. The fourth-order valence-electron chi connectivity index (χ4n) is 2.06. The van der Waals surface area contributed by atoms with Crippen LogP contribution in [0.5, 0.6) is 5.75 Å². The molecule has 1 aliphatic heterocycles. The zero-order valence-electron chi connectivity index (χ0n) is 11.4. The highest BCUT2D eigenvalue weighted by molar-refractivity contribution is 6.05. The molecule has 21 heavy (non-hydrogen) atoms. The normalized spacial score (nSPS) is 13.4. The number of hydrogen-bond donors (Lipinski definition) is 1. The fraction of sp³-hybridized carbons (Fsp3) is 0.133. The third-order valence-electron chi connectivity index (χ3n) is 3.25. The number of amides is 2. The minimum absolute atomic E-state index is 0.0339. The standard InChI is InChI=1S/C15H13N3O3/c1-18-12-8-11(2-3-13(12)21-9-14(18)19)17-15(20)10-4-6-16-7-5-10/h2-8H,9H2,1H3,(H,17,20). The van der Waals surface area contributed by atoms with Crippen molar-refractivity contribution >= 4 is 23.2 Å². The van der Waals surface area contributed by atoms with Gasteiger partial charge in [-0.05, 0) is 30.3 Å². The van der Waals surface area contributed by atoms with Crippen LogP contribution in [0.2, 0.25) is 0 Å². The zero-order chi connectivity index (χ0) is 14.8. The number of nitrogens with one attached hydrogen (secondary N) is 1. The van der Waals surface area contributed by atoms with E-state index in [1.54, 1.807) is 49.8 Å². The van der Waals surface area contributed by atoms with Crippen molar-refractivity contribution in [1.82, 2.24) is 4.98 Å². The van der Waals surface area contributed by atoms with E-state index in [1.807, 2.05) is 0 Å². The Hall–Kier alpha value is -2.89. The molecule has 6 nitrogen and oxygen atoms in total. The molecule has 0 saturated carbocycles. The number of rotatable bonds is 2. The van der Waals surface area contributed by atoms with Crippen molar-refractivity contribution in [2.24, 2.45) is 0 Å². The molecule has 0 saturated heterocycles. The molecule has 2 aromatic rings. The molecule has 6 heteroatoms. The van der Waals surface area contributed by atoms with E-state index >= 15 is 0 Å². The summed E-state index contributed by atoms with van der Waals surface area (Å²) in [6.07, 6.45) is 3.12.